The lowest BCUT2D eigenvalue weighted by atomic mass is 10.1. The summed E-state index contributed by atoms with van der Waals surface area (Å²) >= 11 is 0. The van der Waals surface area contributed by atoms with E-state index < -0.39 is 0 Å². The van der Waals surface area contributed by atoms with Gasteiger partial charge >= 0.3 is 6.01 Å². The Labute approximate surface area is 178 Å². The van der Waals surface area contributed by atoms with Crippen LogP contribution in [0.5, 0.6) is 5.75 Å². The molecule has 8 heteroatoms. The van der Waals surface area contributed by atoms with Crippen molar-refractivity contribution in [1.29, 1.82) is 0 Å². The summed E-state index contributed by atoms with van der Waals surface area (Å²) in [5.41, 5.74) is 1.40. The number of carbonyl (C=O) groups is 1. The molecule has 1 aliphatic carbocycles. The lowest BCUT2D eigenvalue weighted by molar-refractivity contribution is -0.119. The lowest BCUT2D eigenvalue weighted by Gasteiger charge is -2.17. The Kier molecular flexibility index (Phi) is 8.07. The zero-order chi connectivity index (χ0) is 21.3. The van der Waals surface area contributed by atoms with E-state index in [0.29, 0.717) is 28.9 Å². The molecule has 1 aromatic carbocycles. The summed E-state index contributed by atoms with van der Waals surface area (Å²) in [4.78, 5) is 14.7. The Hall–Kier alpha value is -2.61. The van der Waals surface area contributed by atoms with Crippen molar-refractivity contribution in [3.05, 3.63) is 18.2 Å². The van der Waals surface area contributed by atoms with E-state index >= 15 is 0 Å². The van der Waals surface area contributed by atoms with Gasteiger partial charge in [0.2, 0.25) is 5.91 Å². The van der Waals surface area contributed by atoms with Gasteiger partial charge in [-0.2, -0.15) is 0 Å². The molecule has 0 bridgehead atoms. The fraction of sp³-hybridized carbons (Fsp3) is 0.591. The molecule has 1 heterocycles. The van der Waals surface area contributed by atoms with Gasteiger partial charge in [0.15, 0.2) is 0 Å². The second-order valence-corrected chi connectivity index (χ2v) is 7.61. The van der Waals surface area contributed by atoms with Crippen molar-refractivity contribution in [2.45, 2.75) is 46.0 Å². The number of amides is 1. The van der Waals surface area contributed by atoms with Crippen molar-refractivity contribution in [3.63, 3.8) is 0 Å². The van der Waals surface area contributed by atoms with E-state index in [1.807, 2.05) is 12.1 Å². The third-order valence-electron chi connectivity index (χ3n) is 5.67. The maximum absolute atomic E-state index is 12.4. The van der Waals surface area contributed by atoms with Crippen LogP contribution in [0.2, 0.25) is 0 Å². The number of methoxy groups -OCH3 is 1. The molecule has 2 N–H and O–H groups in total. The van der Waals surface area contributed by atoms with Crippen molar-refractivity contribution in [2.24, 2.45) is 5.92 Å². The van der Waals surface area contributed by atoms with Crippen LogP contribution in [0.3, 0.4) is 0 Å². The molecule has 0 aliphatic heterocycles. The summed E-state index contributed by atoms with van der Waals surface area (Å²) in [6.45, 7) is 8.24. The highest BCUT2D eigenvalue weighted by Gasteiger charge is 2.23. The number of hydrogen-bond acceptors (Lipinski definition) is 7. The van der Waals surface area contributed by atoms with E-state index in [0.717, 1.165) is 58.3 Å². The second-order valence-electron chi connectivity index (χ2n) is 7.61. The van der Waals surface area contributed by atoms with Crippen LogP contribution in [-0.4, -0.2) is 54.3 Å². The number of nitrogens with zero attached hydrogens (tertiary/aromatic N) is 3. The third-order valence-corrected chi connectivity index (χ3v) is 5.67. The standard InChI is InChI=1S/C22H33N5O3/c1-4-27(5-2)14-8-13-23-22-26-25-21(30-22)18-12-11-17(15-19(18)29-3)24-20(28)16-9-6-7-10-16/h11-12,15-16H,4-10,13-14H2,1-3H3,(H,23,26)(H,24,28). The Morgan fingerprint density at radius 3 is 2.70 bits per heavy atom. The predicted octanol–water partition coefficient (Wildman–Crippen LogP) is 4.02. The van der Waals surface area contributed by atoms with Gasteiger partial charge in [0.25, 0.3) is 5.89 Å². The minimum atomic E-state index is 0.0799. The van der Waals surface area contributed by atoms with Gasteiger partial charge in [0, 0.05) is 24.2 Å². The molecule has 2 aromatic rings. The summed E-state index contributed by atoms with van der Waals surface area (Å²) in [5.74, 6) is 1.15. The van der Waals surface area contributed by atoms with E-state index in [9.17, 15) is 4.79 Å². The van der Waals surface area contributed by atoms with Crippen molar-refractivity contribution in [2.75, 3.05) is 43.9 Å². The molecule has 0 saturated heterocycles. The monoisotopic (exact) mass is 415 g/mol. The third kappa shape index (κ3) is 5.72. The van der Waals surface area contributed by atoms with Crippen molar-refractivity contribution in [3.8, 4) is 17.2 Å². The highest BCUT2D eigenvalue weighted by Crippen LogP contribution is 2.33. The molecule has 0 radical (unpaired) electrons. The molecular weight excluding hydrogens is 382 g/mol. The van der Waals surface area contributed by atoms with Crippen molar-refractivity contribution < 1.29 is 13.9 Å². The maximum atomic E-state index is 12.4. The smallest absolute Gasteiger partial charge is 0.315 e. The van der Waals surface area contributed by atoms with Crippen LogP contribution in [0, 0.1) is 5.92 Å². The van der Waals surface area contributed by atoms with Gasteiger partial charge in [-0.1, -0.05) is 31.8 Å². The molecule has 1 amide bonds. The molecule has 1 saturated carbocycles. The molecule has 164 valence electrons. The first-order valence-electron chi connectivity index (χ1n) is 10.9. The number of rotatable bonds is 11. The quantitative estimate of drug-likeness (QED) is 0.536. The number of nitrogens with one attached hydrogen (secondary N) is 2. The van der Waals surface area contributed by atoms with Gasteiger partial charge in [-0.25, -0.2) is 0 Å². The van der Waals surface area contributed by atoms with E-state index in [-0.39, 0.29) is 11.8 Å². The van der Waals surface area contributed by atoms with Crippen LogP contribution in [0.1, 0.15) is 46.0 Å². The molecular formula is C22H33N5O3. The first-order valence-corrected chi connectivity index (χ1v) is 10.9. The summed E-state index contributed by atoms with van der Waals surface area (Å²) in [7, 11) is 1.59. The van der Waals surface area contributed by atoms with Crippen LogP contribution in [0.25, 0.3) is 11.5 Å². The number of benzene rings is 1. The van der Waals surface area contributed by atoms with Gasteiger partial charge in [0.1, 0.15) is 5.75 Å². The Morgan fingerprint density at radius 2 is 2.00 bits per heavy atom. The molecule has 3 rings (SSSR count). The summed E-state index contributed by atoms with van der Waals surface area (Å²) < 4.78 is 11.3. The molecule has 1 aromatic heterocycles. The SMILES string of the molecule is CCN(CC)CCCNc1nnc(-c2ccc(NC(=O)C3CCCC3)cc2OC)o1. The largest absolute Gasteiger partial charge is 0.496 e. The van der Waals surface area contributed by atoms with Crippen LogP contribution in [0.15, 0.2) is 22.6 Å². The average Bonchev–Trinajstić information content (AvgIpc) is 3.46. The predicted molar refractivity (Wildman–Crippen MR) is 118 cm³/mol. The summed E-state index contributed by atoms with van der Waals surface area (Å²) in [5, 5.41) is 14.4. The van der Waals surface area contributed by atoms with Crippen molar-refractivity contribution >= 4 is 17.6 Å². The highest BCUT2D eigenvalue weighted by molar-refractivity contribution is 5.93. The van der Waals surface area contributed by atoms with Gasteiger partial charge in [0.05, 0.1) is 12.7 Å². The zero-order valence-corrected chi connectivity index (χ0v) is 18.2. The highest BCUT2D eigenvalue weighted by atomic mass is 16.5. The number of carbonyl (C=O) groups excluding carboxylic acids is 1. The lowest BCUT2D eigenvalue weighted by Crippen LogP contribution is -2.25. The Bertz CT molecular complexity index is 813. The fourth-order valence-corrected chi connectivity index (χ4v) is 3.82. The normalized spacial score (nSPS) is 14.3. The topological polar surface area (TPSA) is 92.5 Å². The van der Waals surface area contributed by atoms with Crippen LogP contribution in [0.4, 0.5) is 11.7 Å². The van der Waals surface area contributed by atoms with Gasteiger partial charge < -0.3 is 24.7 Å². The molecule has 1 fully saturated rings. The van der Waals surface area contributed by atoms with Crippen LogP contribution in [-0.2, 0) is 4.79 Å². The van der Waals surface area contributed by atoms with Gasteiger partial charge in [-0.15, -0.1) is 5.10 Å². The Balaban J connectivity index is 1.59. The molecule has 0 atom stereocenters. The second kappa shape index (κ2) is 11.0. The number of hydrogen-bond donors (Lipinski definition) is 2. The molecule has 30 heavy (non-hydrogen) atoms. The molecule has 0 spiro atoms. The number of anilines is 2. The average molecular weight is 416 g/mol. The minimum Gasteiger partial charge on any atom is -0.496 e. The maximum Gasteiger partial charge on any atom is 0.315 e. The van der Waals surface area contributed by atoms with E-state index in [2.05, 4.69) is 39.6 Å². The molecule has 8 nitrogen and oxygen atoms in total. The zero-order valence-electron chi connectivity index (χ0n) is 18.2. The first kappa shape index (κ1) is 22.1. The molecule has 0 unspecified atom stereocenters. The van der Waals surface area contributed by atoms with E-state index in [4.69, 9.17) is 9.15 Å². The van der Waals surface area contributed by atoms with Gasteiger partial charge in [-0.05, 0) is 51.0 Å². The summed E-state index contributed by atoms with van der Waals surface area (Å²) in [6.07, 6.45) is 5.19. The molecule has 1 aliphatic rings. The first-order chi connectivity index (χ1) is 14.6. The number of aromatic nitrogens is 2. The van der Waals surface area contributed by atoms with Crippen LogP contribution < -0.4 is 15.4 Å². The minimum absolute atomic E-state index is 0.0799. The summed E-state index contributed by atoms with van der Waals surface area (Å²) in [6, 6.07) is 5.86. The Morgan fingerprint density at radius 1 is 1.23 bits per heavy atom. The number of ether oxygens (including phenoxy) is 1. The van der Waals surface area contributed by atoms with Crippen molar-refractivity contribution in [1.82, 2.24) is 15.1 Å². The van der Waals surface area contributed by atoms with Gasteiger partial charge in [-0.3, -0.25) is 4.79 Å². The van der Waals surface area contributed by atoms with E-state index in [1.165, 1.54) is 0 Å². The van der Waals surface area contributed by atoms with E-state index in [1.54, 1.807) is 13.2 Å². The van der Waals surface area contributed by atoms with Crippen LogP contribution >= 0.6 is 0 Å². The fourth-order valence-electron chi connectivity index (χ4n) is 3.82.